The Kier molecular flexibility index (Phi) is 2.83. The van der Waals surface area contributed by atoms with Gasteiger partial charge in [-0.15, -0.1) is 0 Å². The Bertz CT molecular complexity index is 369. The van der Waals surface area contributed by atoms with Crippen LogP contribution < -0.4 is 4.74 Å². The molecule has 0 aromatic heterocycles. The third kappa shape index (κ3) is 2.38. The van der Waals surface area contributed by atoms with E-state index in [9.17, 15) is 0 Å². The zero-order valence-corrected chi connectivity index (χ0v) is 9.58. The van der Waals surface area contributed by atoms with Gasteiger partial charge in [-0.1, -0.05) is 6.07 Å². The van der Waals surface area contributed by atoms with Crippen LogP contribution in [0.5, 0.6) is 5.75 Å². The SMILES string of the molecule is c1cc2c(cc1COCC1CC1)CCCO2. The van der Waals surface area contributed by atoms with Crippen LogP contribution in [0.1, 0.15) is 30.4 Å². The molecule has 1 aromatic rings. The number of rotatable bonds is 4. The second-order valence-corrected chi connectivity index (χ2v) is 4.85. The van der Waals surface area contributed by atoms with Gasteiger partial charge in [-0.05, 0) is 54.9 Å². The summed E-state index contributed by atoms with van der Waals surface area (Å²) in [5, 5.41) is 0. The van der Waals surface area contributed by atoms with Gasteiger partial charge in [0.05, 0.1) is 13.2 Å². The second kappa shape index (κ2) is 4.46. The van der Waals surface area contributed by atoms with E-state index in [4.69, 9.17) is 9.47 Å². The molecule has 1 aliphatic heterocycles. The van der Waals surface area contributed by atoms with Crippen molar-refractivity contribution in [3.05, 3.63) is 29.3 Å². The van der Waals surface area contributed by atoms with E-state index in [0.717, 1.165) is 44.3 Å². The first-order chi connectivity index (χ1) is 7.92. The normalized spacial score (nSPS) is 19.0. The van der Waals surface area contributed by atoms with E-state index in [1.54, 1.807) is 0 Å². The Morgan fingerprint density at radius 2 is 2.25 bits per heavy atom. The predicted octanol–water partition coefficient (Wildman–Crippen LogP) is 2.94. The van der Waals surface area contributed by atoms with Crippen molar-refractivity contribution >= 4 is 0 Å². The van der Waals surface area contributed by atoms with Crippen molar-refractivity contribution in [2.24, 2.45) is 5.92 Å². The Balaban J connectivity index is 1.60. The molecule has 86 valence electrons. The maximum atomic E-state index is 5.69. The molecular weight excluding hydrogens is 200 g/mol. The second-order valence-electron chi connectivity index (χ2n) is 4.85. The first kappa shape index (κ1) is 10.2. The van der Waals surface area contributed by atoms with Crippen LogP contribution in [-0.2, 0) is 17.8 Å². The first-order valence-electron chi connectivity index (χ1n) is 6.24. The van der Waals surface area contributed by atoms with E-state index in [2.05, 4.69) is 18.2 Å². The number of hydrogen-bond acceptors (Lipinski definition) is 2. The van der Waals surface area contributed by atoms with Gasteiger partial charge in [-0.25, -0.2) is 0 Å². The van der Waals surface area contributed by atoms with Crippen molar-refractivity contribution in [2.45, 2.75) is 32.3 Å². The molecule has 0 unspecified atom stereocenters. The van der Waals surface area contributed by atoms with E-state index in [-0.39, 0.29) is 0 Å². The van der Waals surface area contributed by atoms with Crippen molar-refractivity contribution < 1.29 is 9.47 Å². The highest BCUT2D eigenvalue weighted by atomic mass is 16.5. The lowest BCUT2D eigenvalue weighted by atomic mass is 10.0. The number of ether oxygens (including phenoxy) is 2. The molecular formula is C14H18O2. The summed E-state index contributed by atoms with van der Waals surface area (Å²) >= 11 is 0. The van der Waals surface area contributed by atoms with Crippen LogP contribution in [0, 0.1) is 5.92 Å². The number of hydrogen-bond donors (Lipinski definition) is 0. The largest absolute Gasteiger partial charge is 0.493 e. The van der Waals surface area contributed by atoms with Crippen LogP contribution in [0.3, 0.4) is 0 Å². The zero-order valence-electron chi connectivity index (χ0n) is 9.58. The smallest absolute Gasteiger partial charge is 0.122 e. The van der Waals surface area contributed by atoms with E-state index >= 15 is 0 Å². The number of benzene rings is 1. The van der Waals surface area contributed by atoms with Crippen molar-refractivity contribution in [1.82, 2.24) is 0 Å². The minimum absolute atomic E-state index is 0.754. The van der Waals surface area contributed by atoms with Crippen molar-refractivity contribution in [3.63, 3.8) is 0 Å². The molecule has 16 heavy (non-hydrogen) atoms. The van der Waals surface area contributed by atoms with Crippen LogP contribution in [0.4, 0.5) is 0 Å². The molecule has 2 nitrogen and oxygen atoms in total. The Morgan fingerprint density at radius 3 is 3.12 bits per heavy atom. The third-order valence-electron chi connectivity index (χ3n) is 3.29. The summed E-state index contributed by atoms with van der Waals surface area (Å²) in [5.74, 6) is 1.91. The fraction of sp³-hybridized carbons (Fsp3) is 0.571. The van der Waals surface area contributed by atoms with Crippen LogP contribution in [-0.4, -0.2) is 13.2 Å². The lowest BCUT2D eigenvalue weighted by Crippen LogP contribution is -2.08. The summed E-state index contributed by atoms with van der Waals surface area (Å²) < 4.78 is 11.3. The van der Waals surface area contributed by atoms with E-state index < -0.39 is 0 Å². The van der Waals surface area contributed by atoms with Gasteiger partial charge in [-0.2, -0.15) is 0 Å². The fourth-order valence-electron chi connectivity index (χ4n) is 2.13. The standard InChI is InChI=1S/C14H18O2/c1-2-13-8-12(5-6-14(13)16-7-1)10-15-9-11-3-4-11/h5-6,8,11H,1-4,7,9-10H2. The fourth-order valence-corrected chi connectivity index (χ4v) is 2.13. The molecule has 1 saturated carbocycles. The highest BCUT2D eigenvalue weighted by Crippen LogP contribution is 2.29. The van der Waals surface area contributed by atoms with Gasteiger partial charge in [-0.3, -0.25) is 0 Å². The molecule has 1 aromatic carbocycles. The molecule has 2 aliphatic rings. The quantitative estimate of drug-likeness (QED) is 0.773. The average Bonchev–Trinajstić information content (AvgIpc) is 3.13. The molecule has 2 heteroatoms. The first-order valence-corrected chi connectivity index (χ1v) is 6.24. The van der Waals surface area contributed by atoms with Crippen LogP contribution in [0.2, 0.25) is 0 Å². The third-order valence-corrected chi connectivity index (χ3v) is 3.29. The van der Waals surface area contributed by atoms with Gasteiger partial charge < -0.3 is 9.47 Å². The molecule has 0 atom stereocenters. The lowest BCUT2D eigenvalue weighted by Gasteiger charge is -2.17. The maximum absolute atomic E-state index is 5.69. The summed E-state index contributed by atoms with van der Waals surface area (Å²) in [6.45, 7) is 2.56. The monoisotopic (exact) mass is 218 g/mol. The van der Waals surface area contributed by atoms with Gasteiger partial charge in [0.1, 0.15) is 5.75 Å². The highest BCUT2D eigenvalue weighted by molar-refractivity contribution is 5.38. The van der Waals surface area contributed by atoms with Gasteiger partial charge in [0, 0.05) is 6.61 Å². The van der Waals surface area contributed by atoms with Crippen LogP contribution in [0.15, 0.2) is 18.2 Å². The summed E-state index contributed by atoms with van der Waals surface area (Å²) in [7, 11) is 0. The summed E-state index contributed by atoms with van der Waals surface area (Å²) in [5.41, 5.74) is 2.63. The molecule has 1 heterocycles. The van der Waals surface area contributed by atoms with Crippen molar-refractivity contribution in [1.29, 1.82) is 0 Å². The summed E-state index contributed by atoms with van der Waals surface area (Å²) in [4.78, 5) is 0. The van der Waals surface area contributed by atoms with Gasteiger partial charge in [0.25, 0.3) is 0 Å². The molecule has 0 bridgehead atoms. The predicted molar refractivity (Wildman–Crippen MR) is 62.6 cm³/mol. The van der Waals surface area contributed by atoms with Gasteiger partial charge in [0.15, 0.2) is 0 Å². The Morgan fingerprint density at radius 1 is 1.31 bits per heavy atom. The minimum Gasteiger partial charge on any atom is -0.493 e. The molecule has 1 aliphatic carbocycles. The molecule has 0 amide bonds. The molecule has 3 rings (SSSR count). The topological polar surface area (TPSA) is 18.5 Å². The Labute approximate surface area is 96.6 Å². The minimum atomic E-state index is 0.754. The molecule has 1 fully saturated rings. The van der Waals surface area contributed by atoms with Crippen molar-refractivity contribution in [3.8, 4) is 5.75 Å². The summed E-state index contributed by atoms with van der Waals surface area (Å²) in [6, 6.07) is 6.45. The Hall–Kier alpha value is -1.02. The van der Waals surface area contributed by atoms with Gasteiger partial charge >= 0.3 is 0 Å². The van der Waals surface area contributed by atoms with E-state index in [1.807, 2.05) is 0 Å². The molecule has 0 spiro atoms. The average molecular weight is 218 g/mol. The summed E-state index contributed by atoms with van der Waals surface area (Å²) in [6.07, 6.45) is 5.00. The van der Waals surface area contributed by atoms with Crippen LogP contribution in [0.25, 0.3) is 0 Å². The molecule has 0 saturated heterocycles. The van der Waals surface area contributed by atoms with E-state index in [0.29, 0.717) is 0 Å². The van der Waals surface area contributed by atoms with Crippen molar-refractivity contribution in [2.75, 3.05) is 13.2 Å². The molecule has 0 N–H and O–H groups in total. The van der Waals surface area contributed by atoms with Crippen LogP contribution >= 0.6 is 0 Å². The van der Waals surface area contributed by atoms with Gasteiger partial charge in [0.2, 0.25) is 0 Å². The zero-order chi connectivity index (χ0) is 10.8. The number of aryl methyl sites for hydroxylation is 1. The number of fused-ring (bicyclic) bond motifs is 1. The molecule has 0 radical (unpaired) electrons. The lowest BCUT2D eigenvalue weighted by molar-refractivity contribution is 0.111. The highest BCUT2D eigenvalue weighted by Gasteiger charge is 2.21. The maximum Gasteiger partial charge on any atom is 0.122 e. The van der Waals surface area contributed by atoms with E-state index in [1.165, 1.54) is 24.0 Å².